The second-order valence-electron chi connectivity index (χ2n) is 4.06. The number of carbonyl (C=O) groups is 1. The van der Waals surface area contributed by atoms with Gasteiger partial charge in [0.15, 0.2) is 5.75 Å². The molecule has 0 spiro atoms. The third-order valence-corrected chi connectivity index (χ3v) is 2.87. The number of nitrogens with zero attached hydrogens (tertiary/aromatic N) is 1. The Bertz CT molecular complexity index is 469. The average Bonchev–Trinajstić information content (AvgIpc) is 2.23. The Morgan fingerprint density at radius 2 is 2.18 bits per heavy atom. The first-order valence-corrected chi connectivity index (χ1v) is 5.36. The maximum atomic E-state index is 11.7. The van der Waals surface area contributed by atoms with Crippen molar-refractivity contribution in [2.45, 2.75) is 25.3 Å². The highest BCUT2D eigenvalue weighted by atomic mass is 16.6. The van der Waals surface area contributed by atoms with Crippen molar-refractivity contribution in [2.75, 3.05) is 0 Å². The second kappa shape index (κ2) is 4.40. The predicted octanol–water partition coefficient (Wildman–Crippen LogP) is 1.58. The smallest absolute Gasteiger partial charge is 0.311 e. The predicted molar refractivity (Wildman–Crippen MR) is 59.9 cm³/mol. The molecule has 0 aliphatic heterocycles. The van der Waals surface area contributed by atoms with Gasteiger partial charge in [0.25, 0.3) is 5.91 Å². The van der Waals surface area contributed by atoms with Gasteiger partial charge in [-0.2, -0.15) is 0 Å². The highest BCUT2D eigenvalue weighted by Crippen LogP contribution is 2.26. The van der Waals surface area contributed by atoms with Crippen LogP contribution in [0.15, 0.2) is 18.2 Å². The minimum absolute atomic E-state index is 0.176. The molecule has 0 saturated heterocycles. The highest BCUT2D eigenvalue weighted by molar-refractivity contribution is 5.95. The summed E-state index contributed by atoms with van der Waals surface area (Å²) in [4.78, 5) is 21.6. The molecule has 6 nitrogen and oxygen atoms in total. The molecule has 0 unspecified atom stereocenters. The van der Waals surface area contributed by atoms with Crippen molar-refractivity contribution in [3.8, 4) is 5.75 Å². The van der Waals surface area contributed by atoms with E-state index >= 15 is 0 Å². The topological polar surface area (TPSA) is 92.5 Å². The van der Waals surface area contributed by atoms with E-state index in [0.717, 1.165) is 31.4 Å². The molecule has 0 aromatic heterocycles. The number of amides is 1. The summed E-state index contributed by atoms with van der Waals surface area (Å²) in [5.74, 6) is -0.770. The Morgan fingerprint density at radius 1 is 1.47 bits per heavy atom. The molecule has 1 aromatic carbocycles. The normalized spacial score (nSPS) is 15.1. The Hall–Kier alpha value is -2.11. The maximum absolute atomic E-state index is 11.7. The summed E-state index contributed by atoms with van der Waals surface area (Å²) in [6.07, 6.45) is 3.00. The summed E-state index contributed by atoms with van der Waals surface area (Å²) < 4.78 is 0. The Labute approximate surface area is 97.4 Å². The lowest BCUT2D eigenvalue weighted by Crippen LogP contribution is -2.39. The van der Waals surface area contributed by atoms with E-state index in [2.05, 4.69) is 5.32 Å². The number of phenolic OH excluding ortho intramolecular Hbond substituents is 1. The number of hydrogen-bond donors (Lipinski definition) is 2. The van der Waals surface area contributed by atoms with Crippen LogP contribution in [0, 0.1) is 10.1 Å². The van der Waals surface area contributed by atoms with Crippen LogP contribution in [-0.2, 0) is 0 Å². The van der Waals surface area contributed by atoms with E-state index in [0.29, 0.717) is 0 Å². The van der Waals surface area contributed by atoms with Gasteiger partial charge in [-0.25, -0.2) is 0 Å². The van der Waals surface area contributed by atoms with Gasteiger partial charge in [0.2, 0.25) is 0 Å². The van der Waals surface area contributed by atoms with Crippen molar-refractivity contribution >= 4 is 11.6 Å². The van der Waals surface area contributed by atoms with Gasteiger partial charge < -0.3 is 10.4 Å². The molecular formula is C11H12N2O4. The van der Waals surface area contributed by atoms with Crippen LogP contribution in [0.5, 0.6) is 5.75 Å². The largest absolute Gasteiger partial charge is 0.502 e. The van der Waals surface area contributed by atoms with E-state index in [1.807, 2.05) is 0 Å². The van der Waals surface area contributed by atoms with Crippen molar-refractivity contribution in [2.24, 2.45) is 0 Å². The molecule has 0 atom stereocenters. The van der Waals surface area contributed by atoms with Crippen molar-refractivity contribution in [3.05, 3.63) is 33.9 Å². The van der Waals surface area contributed by atoms with Crippen molar-refractivity contribution in [1.29, 1.82) is 0 Å². The quantitative estimate of drug-likeness (QED) is 0.615. The zero-order chi connectivity index (χ0) is 12.4. The Morgan fingerprint density at radius 3 is 2.71 bits per heavy atom. The first-order chi connectivity index (χ1) is 8.08. The van der Waals surface area contributed by atoms with Gasteiger partial charge in [-0.3, -0.25) is 14.9 Å². The molecule has 90 valence electrons. The van der Waals surface area contributed by atoms with E-state index in [9.17, 15) is 20.0 Å². The monoisotopic (exact) mass is 236 g/mol. The van der Waals surface area contributed by atoms with E-state index in [-0.39, 0.29) is 17.5 Å². The first-order valence-electron chi connectivity index (χ1n) is 5.36. The third kappa shape index (κ3) is 2.35. The highest BCUT2D eigenvalue weighted by Gasteiger charge is 2.22. The van der Waals surface area contributed by atoms with Gasteiger partial charge in [-0.05, 0) is 31.4 Å². The molecular weight excluding hydrogens is 224 g/mol. The number of nitro benzene ring substituents is 1. The van der Waals surface area contributed by atoms with Crippen molar-refractivity contribution in [1.82, 2.24) is 5.32 Å². The number of nitro groups is 1. The molecule has 2 rings (SSSR count). The van der Waals surface area contributed by atoms with E-state index in [1.165, 1.54) is 6.07 Å². The first kappa shape index (κ1) is 11.4. The lowest BCUT2D eigenvalue weighted by Gasteiger charge is -2.26. The van der Waals surface area contributed by atoms with Crippen LogP contribution in [-0.4, -0.2) is 22.0 Å². The molecule has 17 heavy (non-hydrogen) atoms. The van der Waals surface area contributed by atoms with Crippen LogP contribution in [0.2, 0.25) is 0 Å². The molecule has 1 aromatic rings. The number of nitrogens with one attached hydrogen (secondary N) is 1. The van der Waals surface area contributed by atoms with Gasteiger partial charge in [0.05, 0.1) is 4.92 Å². The van der Waals surface area contributed by atoms with E-state index in [4.69, 9.17) is 0 Å². The Kier molecular flexibility index (Phi) is 2.95. The second-order valence-corrected chi connectivity index (χ2v) is 4.06. The number of aromatic hydroxyl groups is 1. The molecule has 6 heteroatoms. The number of hydrogen-bond acceptors (Lipinski definition) is 4. The molecule has 1 aliphatic rings. The molecule has 0 heterocycles. The number of benzene rings is 1. The SMILES string of the molecule is O=C(NC1CCC1)c1ccc(O)c([N+](=O)[O-])c1. The fourth-order valence-corrected chi connectivity index (χ4v) is 1.63. The van der Waals surface area contributed by atoms with Crippen LogP contribution in [0.1, 0.15) is 29.6 Å². The van der Waals surface area contributed by atoms with Crippen LogP contribution < -0.4 is 5.32 Å². The standard InChI is InChI=1S/C11H12N2O4/c14-10-5-4-7(6-9(10)13(16)17)11(15)12-8-2-1-3-8/h4-6,8,14H,1-3H2,(H,12,15). The molecule has 1 aliphatic carbocycles. The molecule has 2 N–H and O–H groups in total. The summed E-state index contributed by atoms with van der Waals surface area (Å²) in [6.45, 7) is 0. The fraction of sp³-hybridized carbons (Fsp3) is 0.364. The Balaban J connectivity index is 2.17. The molecule has 0 bridgehead atoms. The van der Waals surface area contributed by atoms with Gasteiger partial charge >= 0.3 is 5.69 Å². The number of carbonyl (C=O) groups excluding carboxylic acids is 1. The van der Waals surface area contributed by atoms with Crippen LogP contribution in [0.25, 0.3) is 0 Å². The van der Waals surface area contributed by atoms with Gasteiger partial charge in [0.1, 0.15) is 0 Å². The lowest BCUT2D eigenvalue weighted by atomic mass is 9.93. The third-order valence-electron chi connectivity index (χ3n) is 2.87. The van der Waals surface area contributed by atoms with E-state index in [1.54, 1.807) is 0 Å². The summed E-state index contributed by atoms with van der Waals surface area (Å²) in [7, 11) is 0. The molecule has 1 saturated carbocycles. The van der Waals surface area contributed by atoms with Crippen molar-refractivity contribution < 1.29 is 14.8 Å². The fourth-order valence-electron chi connectivity index (χ4n) is 1.63. The summed E-state index contributed by atoms with van der Waals surface area (Å²) >= 11 is 0. The lowest BCUT2D eigenvalue weighted by molar-refractivity contribution is -0.385. The van der Waals surface area contributed by atoms with Gasteiger partial charge in [0, 0.05) is 17.7 Å². The van der Waals surface area contributed by atoms with Crippen LogP contribution >= 0.6 is 0 Å². The average molecular weight is 236 g/mol. The molecule has 0 radical (unpaired) electrons. The summed E-state index contributed by atoms with van der Waals surface area (Å²) in [5, 5.41) is 22.6. The molecule has 1 fully saturated rings. The zero-order valence-electron chi connectivity index (χ0n) is 9.05. The van der Waals surface area contributed by atoms with Gasteiger partial charge in [-0.15, -0.1) is 0 Å². The summed E-state index contributed by atoms with van der Waals surface area (Å²) in [5.41, 5.74) is -0.257. The van der Waals surface area contributed by atoms with E-state index < -0.39 is 16.4 Å². The van der Waals surface area contributed by atoms with Gasteiger partial charge in [-0.1, -0.05) is 0 Å². The zero-order valence-corrected chi connectivity index (χ0v) is 9.05. The minimum atomic E-state index is -0.713. The van der Waals surface area contributed by atoms with Crippen molar-refractivity contribution in [3.63, 3.8) is 0 Å². The molecule has 1 amide bonds. The summed E-state index contributed by atoms with van der Waals surface area (Å²) in [6, 6.07) is 3.79. The maximum Gasteiger partial charge on any atom is 0.311 e. The number of rotatable bonds is 3. The minimum Gasteiger partial charge on any atom is -0.502 e. The van der Waals surface area contributed by atoms with Crippen LogP contribution in [0.3, 0.4) is 0 Å². The number of phenols is 1. The van der Waals surface area contributed by atoms with Crippen LogP contribution in [0.4, 0.5) is 5.69 Å².